The molecule has 25 heavy (non-hydrogen) atoms. The lowest BCUT2D eigenvalue weighted by atomic mass is 10.2. The minimum atomic E-state index is -0.720. The lowest BCUT2D eigenvalue weighted by Crippen LogP contribution is -2.41. The number of carbonyl (C=O) groups excluding carboxylic acids is 2. The Kier molecular flexibility index (Phi) is 4.65. The summed E-state index contributed by atoms with van der Waals surface area (Å²) < 4.78 is 5.05. The molecule has 128 valence electrons. The Bertz CT molecular complexity index is 869. The second-order valence-electron chi connectivity index (χ2n) is 5.52. The Morgan fingerprint density at radius 1 is 1.12 bits per heavy atom. The highest BCUT2D eigenvalue weighted by molar-refractivity contribution is 6.00. The van der Waals surface area contributed by atoms with Crippen LogP contribution >= 0.6 is 0 Å². The van der Waals surface area contributed by atoms with Crippen molar-refractivity contribution in [2.75, 3.05) is 12.4 Å². The smallest absolute Gasteiger partial charge is 0.251 e. The van der Waals surface area contributed by atoms with E-state index in [1.807, 2.05) is 24.3 Å². The van der Waals surface area contributed by atoms with Crippen LogP contribution in [0.2, 0.25) is 0 Å². The van der Waals surface area contributed by atoms with Crippen molar-refractivity contribution < 1.29 is 14.3 Å². The zero-order valence-electron chi connectivity index (χ0n) is 13.9. The number of hydrogen-bond donors (Lipinski definition) is 3. The van der Waals surface area contributed by atoms with E-state index >= 15 is 0 Å². The van der Waals surface area contributed by atoms with Gasteiger partial charge in [-0.25, -0.2) is 4.98 Å². The summed E-state index contributed by atoms with van der Waals surface area (Å²) in [5, 5.41) is 5.32. The van der Waals surface area contributed by atoms with Gasteiger partial charge in [0.05, 0.1) is 18.1 Å². The van der Waals surface area contributed by atoms with Gasteiger partial charge in [0.2, 0.25) is 11.9 Å². The Hall–Kier alpha value is -3.35. The SMILES string of the molecule is COc1ccc(C(=O)N[C@H](C)C(=O)Nc2nc3ccccc3[nH]2)cc1. The fraction of sp³-hybridized carbons (Fsp3) is 0.167. The molecule has 0 fully saturated rings. The number of rotatable bonds is 5. The zero-order chi connectivity index (χ0) is 17.8. The summed E-state index contributed by atoms with van der Waals surface area (Å²) in [7, 11) is 1.56. The second kappa shape index (κ2) is 7.04. The normalized spacial score (nSPS) is 11.8. The van der Waals surface area contributed by atoms with Gasteiger partial charge in [0.1, 0.15) is 11.8 Å². The van der Waals surface area contributed by atoms with Crippen molar-refractivity contribution >= 4 is 28.8 Å². The molecule has 0 aliphatic rings. The third kappa shape index (κ3) is 3.77. The monoisotopic (exact) mass is 338 g/mol. The number of imidazole rings is 1. The van der Waals surface area contributed by atoms with Gasteiger partial charge in [0.25, 0.3) is 5.91 Å². The van der Waals surface area contributed by atoms with Crippen LogP contribution in [0.25, 0.3) is 11.0 Å². The first-order valence-electron chi connectivity index (χ1n) is 7.77. The number of methoxy groups -OCH3 is 1. The van der Waals surface area contributed by atoms with Crippen LogP contribution in [0, 0.1) is 0 Å². The van der Waals surface area contributed by atoms with Crippen LogP contribution in [0.4, 0.5) is 5.95 Å². The van der Waals surface area contributed by atoms with E-state index in [1.165, 1.54) is 0 Å². The van der Waals surface area contributed by atoms with Crippen LogP contribution in [-0.2, 0) is 4.79 Å². The Balaban J connectivity index is 1.62. The molecule has 0 aliphatic carbocycles. The molecule has 0 bridgehead atoms. The lowest BCUT2D eigenvalue weighted by Gasteiger charge is -2.13. The minimum Gasteiger partial charge on any atom is -0.497 e. The van der Waals surface area contributed by atoms with Crippen LogP contribution in [0.5, 0.6) is 5.75 Å². The number of nitrogens with zero attached hydrogens (tertiary/aromatic N) is 1. The van der Waals surface area contributed by atoms with Gasteiger partial charge in [0, 0.05) is 5.56 Å². The first-order valence-corrected chi connectivity index (χ1v) is 7.77. The molecule has 0 aliphatic heterocycles. The number of hydrogen-bond acceptors (Lipinski definition) is 4. The molecule has 7 nitrogen and oxygen atoms in total. The predicted molar refractivity (Wildman–Crippen MR) is 94.6 cm³/mol. The summed E-state index contributed by atoms with van der Waals surface area (Å²) in [6.45, 7) is 1.61. The van der Waals surface area contributed by atoms with E-state index in [9.17, 15) is 9.59 Å². The molecule has 1 atom stereocenters. The summed E-state index contributed by atoms with van der Waals surface area (Å²) in [6.07, 6.45) is 0. The third-order valence-electron chi connectivity index (χ3n) is 3.72. The molecule has 3 rings (SSSR count). The average Bonchev–Trinajstić information content (AvgIpc) is 3.03. The van der Waals surface area contributed by atoms with E-state index in [0.29, 0.717) is 17.3 Å². The summed E-state index contributed by atoms with van der Waals surface area (Å²) in [5.74, 6) is 0.305. The predicted octanol–water partition coefficient (Wildman–Crippen LogP) is 2.33. The first kappa shape index (κ1) is 16.5. The van der Waals surface area contributed by atoms with E-state index in [-0.39, 0.29) is 11.8 Å². The van der Waals surface area contributed by atoms with E-state index in [1.54, 1.807) is 38.3 Å². The Labute approximate surface area is 144 Å². The van der Waals surface area contributed by atoms with Crippen molar-refractivity contribution in [1.29, 1.82) is 0 Å². The molecule has 0 saturated heterocycles. The van der Waals surface area contributed by atoms with E-state index in [4.69, 9.17) is 4.74 Å². The van der Waals surface area contributed by atoms with Crippen molar-refractivity contribution in [2.24, 2.45) is 0 Å². The number of benzene rings is 2. The second-order valence-corrected chi connectivity index (χ2v) is 5.52. The maximum atomic E-state index is 12.3. The van der Waals surface area contributed by atoms with Crippen LogP contribution in [0.1, 0.15) is 17.3 Å². The summed E-state index contributed by atoms with van der Waals surface area (Å²) >= 11 is 0. The minimum absolute atomic E-state index is 0.338. The van der Waals surface area contributed by atoms with Gasteiger partial charge >= 0.3 is 0 Å². The number of amides is 2. The molecule has 2 aromatic carbocycles. The molecule has 0 spiro atoms. The third-order valence-corrected chi connectivity index (χ3v) is 3.72. The molecule has 1 heterocycles. The summed E-state index contributed by atoms with van der Waals surface area (Å²) in [4.78, 5) is 31.7. The zero-order valence-corrected chi connectivity index (χ0v) is 13.9. The largest absolute Gasteiger partial charge is 0.497 e. The number of para-hydroxylation sites is 2. The standard InChI is InChI=1S/C18H18N4O3/c1-11(19-17(24)12-7-9-13(25-2)10-8-12)16(23)22-18-20-14-5-3-4-6-15(14)21-18/h3-11H,1-2H3,(H,19,24)(H2,20,21,22,23)/t11-/m1/s1. The number of ether oxygens (including phenoxy) is 1. The fourth-order valence-corrected chi connectivity index (χ4v) is 2.32. The van der Waals surface area contributed by atoms with Gasteiger partial charge < -0.3 is 15.0 Å². The molecule has 0 saturated carbocycles. The van der Waals surface area contributed by atoms with Crippen LogP contribution in [0.3, 0.4) is 0 Å². The number of fused-ring (bicyclic) bond motifs is 1. The molecule has 0 radical (unpaired) electrons. The van der Waals surface area contributed by atoms with Crippen molar-refractivity contribution in [3.05, 3.63) is 54.1 Å². The molecule has 1 aromatic heterocycles. The van der Waals surface area contributed by atoms with Crippen molar-refractivity contribution in [3.63, 3.8) is 0 Å². The van der Waals surface area contributed by atoms with E-state index < -0.39 is 6.04 Å². The number of nitrogens with one attached hydrogen (secondary N) is 3. The van der Waals surface area contributed by atoms with Gasteiger partial charge in [-0.2, -0.15) is 0 Å². The maximum Gasteiger partial charge on any atom is 0.251 e. The van der Waals surface area contributed by atoms with Crippen molar-refractivity contribution in [1.82, 2.24) is 15.3 Å². The Morgan fingerprint density at radius 3 is 2.52 bits per heavy atom. The van der Waals surface area contributed by atoms with Gasteiger partial charge in [-0.05, 0) is 43.3 Å². The molecular weight excluding hydrogens is 320 g/mol. The number of H-pyrrole nitrogens is 1. The van der Waals surface area contributed by atoms with Crippen LogP contribution in [0.15, 0.2) is 48.5 Å². The van der Waals surface area contributed by atoms with Crippen molar-refractivity contribution in [3.8, 4) is 5.75 Å². The molecule has 0 unspecified atom stereocenters. The highest BCUT2D eigenvalue weighted by Gasteiger charge is 2.18. The van der Waals surface area contributed by atoms with Crippen molar-refractivity contribution in [2.45, 2.75) is 13.0 Å². The van der Waals surface area contributed by atoms with E-state index in [2.05, 4.69) is 20.6 Å². The van der Waals surface area contributed by atoms with Gasteiger partial charge in [0.15, 0.2) is 0 Å². The lowest BCUT2D eigenvalue weighted by molar-refractivity contribution is -0.117. The molecule has 7 heteroatoms. The van der Waals surface area contributed by atoms with Crippen LogP contribution in [-0.4, -0.2) is 34.9 Å². The van der Waals surface area contributed by atoms with E-state index in [0.717, 1.165) is 11.0 Å². The quantitative estimate of drug-likeness (QED) is 0.665. The number of aromatic nitrogens is 2. The molecular formula is C18H18N4O3. The topological polar surface area (TPSA) is 96.1 Å². The molecule has 3 N–H and O–H groups in total. The number of carbonyl (C=O) groups is 2. The van der Waals surface area contributed by atoms with Crippen LogP contribution < -0.4 is 15.4 Å². The number of aromatic amines is 1. The molecule has 3 aromatic rings. The fourth-order valence-electron chi connectivity index (χ4n) is 2.32. The highest BCUT2D eigenvalue weighted by Crippen LogP contribution is 2.14. The first-order chi connectivity index (χ1) is 12.1. The maximum absolute atomic E-state index is 12.3. The van der Waals surface area contributed by atoms with Gasteiger partial charge in [-0.15, -0.1) is 0 Å². The Morgan fingerprint density at radius 2 is 1.84 bits per heavy atom. The van der Waals surface area contributed by atoms with Gasteiger partial charge in [-0.3, -0.25) is 14.9 Å². The summed E-state index contributed by atoms with van der Waals surface area (Å²) in [5.41, 5.74) is 2.03. The van der Waals surface area contributed by atoms with Gasteiger partial charge in [-0.1, -0.05) is 12.1 Å². The summed E-state index contributed by atoms with van der Waals surface area (Å²) in [6, 6.07) is 13.4. The highest BCUT2D eigenvalue weighted by atomic mass is 16.5. The average molecular weight is 338 g/mol. The number of anilines is 1. The molecule has 2 amide bonds.